The minimum atomic E-state index is -0.315. The van der Waals surface area contributed by atoms with Crippen molar-refractivity contribution in [2.45, 2.75) is 44.1 Å². The highest BCUT2D eigenvalue weighted by molar-refractivity contribution is 5.91. The van der Waals surface area contributed by atoms with Gasteiger partial charge in [0.1, 0.15) is 0 Å². The smallest absolute Gasteiger partial charge is 0.280 e. The molecule has 1 atom stereocenters. The number of carbonyl (C=O) groups is 1. The van der Waals surface area contributed by atoms with Crippen LogP contribution in [0.4, 0.5) is 0 Å². The topological polar surface area (TPSA) is 89.9 Å². The Morgan fingerprint density at radius 2 is 2.11 bits per heavy atom. The second-order valence-corrected chi connectivity index (χ2v) is 7.59. The van der Waals surface area contributed by atoms with Gasteiger partial charge in [-0.2, -0.15) is 4.98 Å². The Balaban J connectivity index is 1.29. The zero-order valence-corrected chi connectivity index (χ0v) is 15.8. The first-order valence-corrected chi connectivity index (χ1v) is 9.79. The van der Waals surface area contributed by atoms with Crippen LogP contribution in [-0.4, -0.2) is 49.0 Å². The predicted molar refractivity (Wildman–Crippen MR) is 100 cm³/mol. The van der Waals surface area contributed by atoms with E-state index in [1.54, 1.807) is 0 Å². The highest BCUT2D eigenvalue weighted by Crippen LogP contribution is 2.50. The lowest BCUT2D eigenvalue weighted by molar-refractivity contribution is -0.133. The van der Waals surface area contributed by atoms with Crippen LogP contribution in [-0.2, 0) is 16.6 Å². The Morgan fingerprint density at radius 1 is 1.29 bits per heavy atom. The fourth-order valence-corrected chi connectivity index (χ4v) is 4.01. The van der Waals surface area contributed by atoms with Gasteiger partial charge in [0.25, 0.3) is 5.89 Å². The van der Waals surface area contributed by atoms with E-state index in [9.17, 15) is 4.79 Å². The molecular weight excluding hydrogens is 356 g/mol. The number of aryl methyl sites for hydroxylation is 1. The van der Waals surface area contributed by atoms with E-state index in [0.717, 1.165) is 31.4 Å². The summed E-state index contributed by atoms with van der Waals surface area (Å²) in [5.41, 5.74) is 1.39. The van der Waals surface area contributed by atoms with E-state index in [1.165, 1.54) is 0 Å². The van der Waals surface area contributed by atoms with Gasteiger partial charge in [0.05, 0.1) is 17.7 Å². The predicted octanol–water partition coefficient (Wildman–Crippen LogP) is 2.40. The molecule has 1 amide bonds. The first-order valence-electron chi connectivity index (χ1n) is 9.79. The number of rotatable bonds is 5. The van der Waals surface area contributed by atoms with Crippen LogP contribution in [0.1, 0.15) is 43.6 Å². The molecule has 8 nitrogen and oxygen atoms in total. The highest BCUT2D eigenvalue weighted by Gasteiger charge is 2.53. The summed E-state index contributed by atoms with van der Waals surface area (Å²) in [6.07, 6.45) is 5.27. The molecule has 1 aliphatic carbocycles. The van der Waals surface area contributed by atoms with Crippen molar-refractivity contribution in [1.29, 1.82) is 0 Å². The van der Waals surface area contributed by atoms with Crippen molar-refractivity contribution in [3.8, 4) is 11.6 Å². The van der Waals surface area contributed by atoms with Crippen molar-refractivity contribution in [3.63, 3.8) is 0 Å². The zero-order chi connectivity index (χ0) is 19.1. The van der Waals surface area contributed by atoms with Crippen LogP contribution in [0, 0.1) is 0 Å². The molecule has 1 saturated heterocycles. The van der Waals surface area contributed by atoms with Crippen molar-refractivity contribution in [2.24, 2.45) is 0 Å². The molecule has 1 aliphatic heterocycles. The summed E-state index contributed by atoms with van der Waals surface area (Å²) in [5.74, 6) is 1.28. The normalized spacial score (nSPS) is 20.5. The maximum absolute atomic E-state index is 13.2. The van der Waals surface area contributed by atoms with Gasteiger partial charge in [0.15, 0.2) is 11.5 Å². The SMILES string of the molecule is CCc1noc(-c2cn([C@H]3CCN(C(=O)C4(c5ccccc5)CC4)C3)nn2)n1. The van der Waals surface area contributed by atoms with E-state index in [1.807, 2.05) is 40.9 Å². The molecule has 28 heavy (non-hydrogen) atoms. The number of hydrogen-bond donors (Lipinski definition) is 0. The van der Waals surface area contributed by atoms with Gasteiger partial charge in [-0.1, -0.05) is 47.6 Å². The van der Waals surface area contributed by atoms with Crippen molar-refractivity contribution in [3.05, 3.63) is 47.9 Å². The van der Waals surface area contributed by atoms with Gasteiger partial charge in [-0.05, 0) is 24.8 Å². The van der Waals surface area contributed by atoms with Crippen molar-refractivity contribution >= 4 is 5.91 Å². The van der Waals surface area contributed by atoms with Gasteiger partial charge < -0.3 is 9.42 Å². The van der Waals surface area contributed by atoms with Crippen LogP contribution in [0.2, 0.25) is 0 Å². The molecule has 0 spiro atoms. The number of likely N-dealkylation sites (tertiary alicyclic amines) is 1. The van der Waals surface area contributed by atoms with Crippen LogP contribution in [0.15, 0.2) is 41.1 Å². The molecule has 2 fully saturated rings. The lowest BCUT2D eigenvalue weighted by Gasteiger charge is -2.23. The third-order valence-corrected chi connectivity index (χ3v) is 5.82. The number of amides is 1. The number of carbonyl (C=O) groups excluding carboxylic acids is 1. The fourth-order valence-electron chi connectivity index (χ4n) is 4.01. The van der Waals surface area contributed by atoms with Gasteiger partial charge >= 0.3 is 0 Å². The summed E-state index contributed by atoms with van der Waals surface area (Å²) in [7, 11) is 0. The first kappa shape index (κ1) is 17.1. The zero-order valence-electron chi connectivity index (χ0n) is 15.8. The summed E-state index contributed by atoms with van der Waals surface area (Å²) in [4.78, 5) is 19.5. The maximum atomic E-state index is 13.2. The van der Waals surface area contributed by atoms with Crippen LogP contribution < -0.4 is 0 Å². The average molecular weight is 378 g/mol. The Labute approximate surface area is 162 Å². The molecular formula is C20H22N6O2. The summed E-state index contributed by atoms with van der Waals surface area (Å²) in [6, 6.07) is 10.3. The molecule has 1 aromatic carbocycles. The summed E-state index contributed by atoms with van der Waals surface area (Å²) in [5, 5.41) is 12.3. The minimum absolute atomic E-state index is 0.116. The lowest BCUT2D eigenvalue weighted by Crippen LogP contribution is -2.38. The second kappa shape index (κ2) is 6.54. The molecule has 5 rings (SSSR count). The Hall–Kier alpha value is -3.03. The molecule has 3 aromatic rings. The van der Waals surface area contributed by atoms with E-state index >= 15 is 0 Å². The number of hydrogen-bond acceptors (Lipinski definition) is 6. The Bertz CT molecular complexity index is 991. The second-order valence-electron chi connectivity index (χ2n) is 7.59. The van der Waals surface area contributed by atoms with E-state index in [2.05, 4.69) is 32.6 Å². The third-order valence-electron chi connectivity index (χ3n) is 5.82. The molecule has 0 unspecified atom stereocenters. The monoisotopic (exact) mass is 378 g/mol. The fraction of sp³-hybridized carbons (Fsp3) is 0.450. The van der Waals surface area contributed by atoms with E-state index < -0.39 is 0 Å². The molecule has 2 aromatic heterocycles. The number of nitrogens with zero attached hydrogens (tertiary/aromatic N) is 6. The first-order chi connectivity index (χ1) is 13.7. The quantitative estimate of drug-likeness (QED) is 0.677. The molecule has 0 bridgehead atoms. The Morgan fingerprint density at radius 3 is 2.82 bits per heavy atom. The number of benzene rings is 1. The molecule has 0 radical (unpaired) electrons. The summed E-state index contributed by atoms with van der Waals surface area (Å²) in [6.45, 7) is 3.37. The van der Waals surface area contributed by atoms with Crippen LogP contribution in [0.25, 0.3) is 11.6 Å². The molecule has 3 heterocycles. The van der Waals surface area contributed by atoms with Gasteiger partial charge in [0.2, 0.25) is 5.91 Å². The van der Waals surface area contributed by atoms with E-state index in [4.69, 9.17) is 4.52 Å². The number of aromatic nitrogens is 5. The van der Waals surface area contributed by atoms with Gasteiger partial charge in [-0.15, -0.1) is 5.10 Å². The Kier molecular flexibility index (Phi) is 3.99. The van der Waals surface area contributed by atoms with E-state index in [-0.39, 0.29) is 17.4 Å². The van der Waals surface area contributed by atoms with Crippen molar-refractivity contribution in [2.75, 3.05) is 13.1 Å². The average Bonchev–Trinajstić information content (AvgIpc) is 3.14. The highest BCUT2D eigenvalue weighted by atomic mass is 16.5. The van der Waals surface area contributed by atoms with Crippen LogP contribution >= 0.6 is 0 Å². The maximum Gasteiger partial charge on any atom is 0.280 e. The van der Waals surface area contributed by atoms with E-state index in [0.29, 0.717) is 30.4 Å². The van der Waals surface area contributed by atoms with Crippen molar-refractivity contribution < 1.29 is 9.32 Å². The molecule has 1 saturated carbocycles. The van der Waals surface area contributed by atoms with Crippen LogP contribution in [0.5, 0.6) is 0 Å². The largest absolute Gasteiger partial charge is 0.340 e. The summed E-state index contributed by atoms with van der Waals surface area (Å²) < 4.78 is 7.06. The lowest BCUT2D eigenvalue weighted by atomic mass is 9.94. The van der Waals surface area contributed by atoms with Crippen molar-refractivity contribution in [1.82, 2.24) is 30.0 Å². The third kappa shape index (κ3) is 2.80. The molecule has 0 N–H and O–H groups in total. The molecule has 2 aliphatic rings. The summed E-state index contributed by atoms with van der Waals surface area (Å²) >= 11 is 0. The van der Waals surface area contributed by atoms with Gasteiger partial charge in [-0.25, -0.2) is 4.68 Å². The minimum Gasteiger partial charge on any atom is -0.340 e. The standard InChI is InChI=1S/C20H22N6O2/c1-2-17-21-18(28-23-17)16-13-26(24-22-16)15-8-11-25(12-15)19(27)20(9-10-20)14-6-4-3-5-7-14/h3-7,13,15H,2,8-12H2,1H3/t15-/m0/s1. The molecule has 8 heteroatoms. The van der Waals surface area contributed by atoms with Gasteiger partial charge in [-0.3, -0.25) is 4.79 Å². The van der Waals surface area contributed by atoms with Crippen LogP contribution in [0.3, 0.4) is 0 Å². The van der Waals surface area contributed by atoms with Gasteiger partial charge in [0, 0.05) is 19.5 Å². The molecule has 144 valence electrons.